The summed E-state index contributed by atoms with van der Waals surface area (Å²) in [6.07, 6.45) is 2.23. The van der Waals surface area contributed by atoms with Gasteiger partial charge < -0.3 is 4.90 Å². The minimum atomic E-state index is 0.510. The first kappa shape index (κ1) is 18.4. The first-order valence-corrected chi connectivity index (χ1v) is 8.58. The molecule has 2 aromatic rings. The van der Waals surface area contributed by atoms with Crippen molar-refractivity contribution >= 4 is 58.4 Å². The lowest BCUT2D eigenvalue weighted by molar-refractivity contribution is 0.552. The van der Waals surface area contributed by atoms with Crippen molar-refractivity contribution in [3.63, 3.8) is 0 Å². The molecular weight excluding hydrogens is 374 g/mol. The zero-order valence-corrected chi connectivity index (χ0v) is 15.8. The molecule has 0 aliphatic carbocycles. The lowest BCUT2D eigenvalue weighted by atomic mass is 10.0. The SMILES string of the molecule is CCN(C)/C=N\c1cc(Cl)c(Cc2c(Cl)cccc2Cl)cc1Cl. The molecule has 0 aliphatic heterocycles. The van der Waals surface area contributed by atoms with Gasteiger partial charge in [-0.15, -0.1) is 0 Å². The van der Waals surface area contributed by atoms with Crippen molar-refractivity contribution in [2.24, 2.45) is 4.99 Å². The van der Waals surface area contributed by atoms with Crippen LogP contribution in [0, 0.1) is 0 Å². The standard InChI is InChI=1S/C17H16Cl4N2/c1-3-23(2)10-22-17-9-15(20)11(8-16(17)21)7-12-13(18)5-4-6-14(12)19/h4-6,8-10H,3,7H2,1-2H3/b22-10-. The molecular formula is C17H16Cl4N2. The molecule has 0 aromatic heterocycles. The molecule has 6 heteroatoms. The number of hydrogen-bond donors (Lipinski definition) is 0. The van der Waals surface area contributed by atoms with E-state index in [0.29, 0.717) is 32.2 Å². The van der Waals surface area contributed by atoms with Crippen LogP contribution >= 0.6 is 46.4 Å². The number of halogens is 4. The average Bonchev–Trinajstić information content (AvgIpc) is 2.52. The van der Waals surface area contributed by atoms with Gasteiger partial charge >= 0.3 is 0 Å². The fraction of sp³-hybridized carbons (Fsp3) is 0.235. The van der Waals surface area contributed by atoms with Crippen LogP contribution in [-0.2, 0) is 6.42 Å². The molecule has 0 spiro atoms. The summed E-state index contributed by atoms with van der Waals surface area (Å²) in [6, 6.07) is 8.98. The van der Waals surface area contributed by atoms with Crippen molar-refractivity contribution in [1.29, 1.82) is 0 Å². The van der Waals surface area contributed by atoms with Crippen LogP contribution in [0.3, 0.4) is 0 Å². The van der Waals surface area contributed by atoms with E-state index in [2.05, 4.69) is 4.99 Å². The Balaban J connectivity index is 2.32. The largest absolute Gasteiger partial charge is 0.366 e. The number of hydrogen-bond acceptors (Lipinski definition) is 1. The lowest BCUT2D eigenvalue weighted by Gasteiger charge is -2.11. The van der Waals surface area contributed by atoms with Crippen molar-refractivity contribution in [2.75, 3.05) is 13.6 Å². The fourth-order valence-electron chi connectivity index (χ4n) is 1.95. The Kier molecular flexibility index (Phi) is 6.60. The predicted molar refractivity (Wildman–Crippen MR) is 102 cm³/mol. The smallest absolute Gasteiger partial charge is 0.0910 e. The molecule has 0 N–H and O–H groups in total. The van der Waals surface area contributed by atoms with Crippen LogP contribution in [0.1, 0.15) is 18.1 Å². The number of nitrogens with zero attached hydrogens (tertiary/aromatic N) is 2. The Bertz CT molecular complexity index is 709. The van der Waals surface area contributed by atoms with Crippen LogP contribution in [-0.4, -0.2) is 24.8 Å². The molecule has 0 saturated carbocycles. The van der Waals surface area contributed by atoms with Gasteiger partial charge in [0.25, 0.3) is 0 Å². The van der Waals surface area contributed by atoms with Crippen LogP contribution in [0.25, 0.3) is 0 Å². The second-order valence-electron chi connectivity index (χ2n) is 5.09. The maximum Gasteiger partial charge on any atom is 0.0910 e. The molecule has 0 unspecified atom stereocenters. The van der Waals surface area contributed by atoms with Gasteiger partial charge in [0.05, 0.1) is 17.0 Å². The molecule has 0 atom stereocenters. The van der Waals surface area contributed by atoms with Crippen molar-refractivity contribution in [1.82, 2.24) is 4.90 Å². The van der Waals surface area contributed by atoms with E-state index < -0.39 is 0 Å². The zero-order chi connectivity index (χ0) is 17.0. The van der Waals surface area contributed by atoms with Crippen LogP contribution in [0.15, 0.2) is 35.3 Å². The molecule has 0 saturated heterocycles. The number of benzene rings is 2. The zero-order valence-electron chi connectivity index (χ0n) is 12.8. The van der Waals surface area contributed by atoms with E-state index in [1.807, 2.05) is 31.0 Å². The molecule has 23 heavy (non-hydrogen) atoms. The Hall–Kier alpha value is -0.930. The third-order valence-corrected chi connectivity index (χ3v) is 4.80. The van der Waals surface area contributed by atoms with Gasteiger partial charge in [-0.25, -0.2) is 4.99 Å². The van der Waals surface area contributed by atoms with E-state index in [1.54, 1.807) is 24.5 Å². The van der Waals surface area contributed by atoms with Gasteiger partial charge in [0, 0.05) is 35.1 Å². The van der Waals surface area contributed by atoms with E-state index in [9.17, 15) is 0 Å². The first-order valence-electron chi connectivity index (χ1n) is 7.07. The molecule has 0 aliphatic rings. The first-order chi connectivity index (χ1) is 10.9. The Morgan fingerprint density at radius 2 is 1.65 bits per heavy atom. The van der Waals surface area contributed by atoms with Crippen LogP contribution in [0.2, 0.25) is 20.1 Å². The molecule has 0 radical (unpaired) electrons. The second kappa shape index (κ2) is 8.25. The topological polar surface area (TPSA) is 15.6 Å². The molecule has 2 rings (SSSR count). The maximum absolute atomic E-state index is 6.37. The molecule has 0 fully saturated rings. The highest BCUT2D eigenvalue weighted by molar-refractivity contribution is 6.37. The van der Waals surface area contributed by atoms with E-state index in [1.165, 1.54) is 0 Å². The van der Waals surface area contributed by atoms with Crippen LogP contribution in [0.4, 0.5) is 5.69 Å². The van der Waals surface area contributed by atoms with E-state index in [-0.39, 0.29) is 0 Å². The Labute approximate surface area is 156 Å². The second-order valence-corrected chi connectivity index (χ2v) is 6.72. The summed E-state index contributed by atoms with van der Waals surface area (Å²) in [5, 5.41) is 2.33. The molecule has 122 valence electrons. The summed E-state index contributed by atoms with van der Waals surface area (Å²) >= 11 is 25.1. The summed E-state index contributed by atoms with van der Waals surface area (Å²) in [4.78, 5) is 6.30. The fourth-order valence-corrected chi connectivity index (χ4v) is 2.94. The van der Waals surface area contributed by atoms with E-state index >= 15 is 0 Å². The van der Waals surface area contributed by atoms with Gasteiger partial charge in [-0.05, 0) is 42.3 Å². The van der Waals surface area contributed by atoms with Crippen molar-refractivity contribution < 1.29 is 0 Å². The summed E-state index contributed by atoms with van der Waals surface area (Å²) < 4.78 is 0. The number of rotatable bonds is 5. The highest BCUT2D eigenvalue weighted by Gasteiger charge is 2.12. The van der Waals surface area contributed by atoms with Gasteiger partial charge in [-0.2, -0.15) is 0 Å². The summed E-state index contributed by atoms with van der Waals surface area (Å²) in [5.41, 5.74) is 2.32. The van der Waals surface area contributed by atoms with E-state index in [0.717, 1.165) is 17.7 Å². The molecule has 0 amide bonds. The Morgan fingerprint density at radius 3 is 2.26 bits per heavy atom. The maximum atomic E-state index is 6.37. The van der Waals surface area contributed by atoms with Gasteiger partial charge in [0.2, 0.25) is 0 Å². The van der Waals surface area contributed by atoms with Gasteiger partial charge in [-0.3, -0.25) is 0 Å². The van der Waals surface area contributed by atoms with Crippen molar-refractivity contribution in [3.8, 4) is 0 Å². The highest BCUT2D eigenvalue weighted by Crippen LogP contribution is 2.35. The van der Waals surface area contributed by atoms with Crippen molar-refractivity contribution in [2.45, 2.75) is 13.3 Å². The van der Waals surface area contributed by atoms with E-state index in [4.69, 9.17) is 46.4 Å². The highest BCUT2D eigenvalue weighted by atomic mass is 35.5. The molecule has 2 aromatic carbocycles. The molecule has 0 heterocycles. The summed E-state index contributed by atoms with van der Waals surface area (Å²) in [7, 11) is 1.94. The van der Waals surface area contributed by atoms with Crippen LogP contribution in [0.5, 0.6) is 0 Å². The third kappa shape index (κ3) is 4.77. The third-order valence-electron chi connectivity index (χ3n) is 3.44. The monoisotopic (exact) mass is 388 g/mol. The van der Waals surface area contributed by atoms with Gasteiger partial charge in [-0.1, -0.05) is 52.5 Å². The quantitative estimate of drug-likeness (QED) is 0.420. The van der Waals surface area contributed by atoms with Gasteiger partial charge in [0.1, 0.15) is 0 Å². The predicted octanol–water partition coefficient (Wildman–Crippen LogP) is 6.50. The average molecular weight is 390 g/mol. The summed E-state index contributed by atoms with van der Waals surface area (Å²) in [5.74, 6) is 0. The normalized spacial score (nSPS) is 11.2. The minimum absolute atomic E-state index is 0.510. The minimum Gasteiger partial charge on any atom is -0.366 e. The number of aliphatic imine (C=N–C) groups is 1. The molecule has 2 nitrogen and oxygen atoms in total. The molecule has 0 bridgehead atoms. The van der Waals surface area contributed by atoms with Gasteiger partial charge in [0.15, 0.2) is 0 Å². The lowest BCUT2D eigenvalue weighted by Crippen LogP contribution is -2.14. The van der Waals surface area contributed by atoms with Crippen molar-refractivity contribution in [3.05, 3.63) is 61.5 Å². The Morgan fingerprint density at radius 1 is 1.00 bits per heavy atom. The summed E-state index contributed by atoms with van der Waals surface area (Å²) in [6.45, 7) is 2.90. The van der Waals surface area contributed by atoms with Crippen LogP contribution < -0.4 is 0 Å².